The third-order valence-corrected chi connectivity index (χ3v) is 11.2. The lowest BCUT2D eigenvalue weighted by Crippen LogP contribution is -2.55. The monoisotopic (exact) mass is 613 g/mol. The fourth-order valence-electron chi connectivity index (χ4n) is 6.16. The summed E-state index contributed by atoms with van der Waals surface area (Å²) >= 11 is 6.30. The summed E-state index contributed by atoms with van der Waals surface area (Å²) in [4.78, 5) is 18.0. The van der Waals surface area contributed by atoms with E-state index in [1.165, 1.54) is 0 Å². The highest BCUT2D eigenvalue weighted by Crippen LogP contribution is 2.45. The van der Waals surface area contributed by atoms with E-state index >= 15 is 0 Å². The maximum Gasteiger partial charge on any atom is 0.264 e. The van der Waals surface area contributed by atoms with Crippen LogP contribution in [-0.4, -0.2) is 69.9 Å². The minimum Gasteiger partial charge on any atom is -0.493 e. The summed E-state index contributed by atoms with van der Waals surface area (Å²) in [5.41, 5.74) is 1.74. The fraction of sp³-hybridized carbons (Fsp3) is 0.469. The van der Waals surface area contributed by atoms with Crippen molar-refractivity contribution in [3.05, 3.63) is 77.9 Å². The molecule has 4 atom stereocenters. The third-order valence-electron chi connectivity index (χ3n) is 9.04. The van der Waals surface area contributed by atoms with Crippen LogP contribution in [0, 0.1) is 5.92 Å². The summed E-state index contributed by atoms with van der Waals surface area (Å²) in [6.45, 7) is 15.2. The van der Waals surface area contributed by atoms with E-state index in [0.717, 1.165) is 49.5 Å². The molecule has 3 heterocycles. The molecule has 2 aromatic rings. The Morgan fingerprint density at radius 2 is 1.98 bits per heavy atom. The van der Waals surface area contributed by atoms with Gasteiger partial charge < -0.3 is 14.4 Å². The fourth-order valence-corrected chi connectivity index (χ4v) is 7.61. The Labute approximate surface area is 254 Å². The molecule has 0 saturated carbocycles. The van der Waals surface area contributed by atoms with Gasteiger partial charge in [-0.2, -0.15) is 0 Å². The quantitative estimate of drug-likeness (QED) is 0.370. The van der Waals surface area contributed by atoms with Gasteiger partial charge in [0.25, 0.3) is 5.91 Å². The Balaban J connectivity index is 1.48. The minimum atomic E-state index is -3.89. The van der Waals surface area contributed by atoms with Crippen molar-refractivity contribution in [3.8, 4) is 11.5 Å². The maximum atomic E-state index is 13.3. The van der Waals surface area contributed by atoms with Crippen molar-refractivity contribution in [2.24, 2.45) is 5.92 Å². The van der Waals surface area contributed by atoms with Gasteiger partial charge >= 0.3 is 0 Å². The standard InChI is InChI=1S/C32H40ClN3O5S/c1-5-7-22(3)23(4)42(38,39)34-31(37)24-8-11-29-28(17-24)36(19-26-12-15-35(26)14-6-2)20-32(21-41-29)13-16-40-30-18-25(33)9-10-27(30)32/h5-6,8-11,17-18,22-23,26H,1-2,7,12-16,19-21H2,3-4H3,(H,34,37)/t22-,23+,26-,32?/m0/s1. The molecule has 10 heteroatoms. The van der Waals surface area contributed by atoms with Crippen molar-refractivity contribution in [3.63, 3.8) is 0 Å². The number of nitrogens with one attached hydrogen (secondary N) is 1. The van der Waals surface area contributed by atoms with Crippen LogP contribution in [0.15, 0.2) is 61.7 Å². The molecule has 0 radical (unpaired) electrons. The smallest absolute Gasteiger partial charge is 0.264 e. The first-order valence-electron chi connectivity index (χ1n) is 14.5. The van der Waals surface area contributed by atoms with Crippen molar-refractivity contribution in [1.82, 2.24) is 9.62 Å². The SMILES string of the molecule is C=CC[C@H](C)[C@@H](C)S(=O)(=O)NC(=O)c1ccc2c(c1)N(C[C@@H]1CCN1CC=C)CC1(CCOc3cc(Cl)ccc31)CO2. The first-order chi connectivity index (χ1) is 20.1. The van der Waals surface area contributed by atoms with E-state index in [1.807, 2.05) is 31.2 Å². The Morgan fingerprint density at radius 3 is 2.69 bits per heavy atom. The summed E-state index contributed by atoms with van der Waals surface area (Å²) < 4.78 is 40.9. The van der Waals surface area contributed by atoms with E-state index in [-0.39, 0.29) is 16.9 Å². The predicted molar refractivity (Wildman–Crippen MR) is 167 cm³/mol. The second kappa shape index (κ2) is 12.3. The molecule has 0 aromatic heterocycles. The van der Waals surface area contributed by atoms with Gasteiger partial charge in [-0.3, -0.25) is 9.69 Å². The van der Waals surface area contributed by atoms with Crippen molar-refractivity contribution in [2.45, 2.75) is 49.8 Å². The largest absolute Gasteiger partial charge is 0.493 e. The lowest BCUT2D eigenvalue weighted by Gasteiger charge is -2.46. The van der Waals surface area contributed by atoms with E-state index < -0.39 is 21.2 Å². The summed E-state index contributed by atoms with van der Waals surface area (Å²) in [6.07, 6.45) is 5.97. The highest BCUT2D eigenvalue weighted by molar-refractivity contribution is 7.90. The van der Waals surface area contributed by atoms with Gasteiger partial charge in [-0.15, -0.1) is 13.2 Å². The number of allylic oxidation sites excluding steroid dienone is 1. The molecule has 1 N–H and O–H groups in total. The average Bonchev–Trinajstić information content (AvgIpc) is 3.10. The zero-order valence-corrected chi connectivity index (χ0v) is 25.9. The Morgan fingerprint density at radius 1 is 1.17 bits per heavy atom. The zero-order chi connectivity index (χ0) is 30.1. The highest BCUT2D eigenvalue weighted by Gasteiger charge is 2.44. The van der Waals surface area contributed by atoms with E-state index in [4.69, 9.17) is 21.1 Å². The number of hydrogen-bond acceptors (Lipinski definition) is 7. The number of nitrogens with zero attached hydrogens (tertiary/aromatic N) is 2. The second-order valence-electron chi connectivity index (χ2n) is 11.8. The van der Waals surface area contributed by atoms with Crippen LogP contribution in [0.4, 0.5) is 5.69 Å². The van der Waals surface area contributed by atoms with Gasteiger partial charge in [0.15, 0.2) is 0 Å². The molecule has 1 fully saturated rings. The van der Waals surface area contributed by atoms with Crippen molar-refractivity contribution < 1.29 is 22.7 Å². The number of ether oxygens (including phenoxy) is 2. The zero-order valence-electron chi connectivity index (χ0n) is 24.4. The van der Waals surface area contributed by atoms with Gasteiger partial charge in [0.1, 0.15) is 11.5 Å². The van der Waals surface area contributed by atoms with Crippen LogP contribution in [0.1, 0.15) is 49.0 Å². The molecule has 1 saturated heterocycles. The molecule has 0 bridgehead atoms. The Kier molecular flexibility index (Phi) is 8.92. The number of fused-ring (bicyclic) bond motifs is 3. The molecule has 5 rings (SSSR count). The number of sulfonamides is 1. The summed E-state index contributed by atoms with van der Waals surface area (Å²) in [5, 5.41) is -0.134. The number of anilines is 1. The summed E-state index contributed by atoms with van der Waals surface area (Å²) in [7, 11) is -3.89. The number of likely N-dealkylation sites (tertiary alicyclic amines) is 1. The highest BCUT2D eigenvalue weighted by atomic mass is 35.5. The Bertz CT molecular complexity index is 1460. The molecular weight excluding hydrogens is 574 g/mol. The molecule has 2 aromatic carbocycles. The number of halogens is 1. The molecule has 1 unspecified atom stereocenters. The summed E-state index contributed by atoms with van der Waals surface area (Å²) in [5.74, 6) is 0.594. The van der Waals surface area contributed by atoms with Crippen LogP contribution >= 0.6 is 11.6 Å². The number of benzene rings is 2. The number of rotatable bonds is 10. The normalized spacial score (nSPS) is 23.2. The number of amides is 1. The second-order valence-corrected chi connectivity index (χ2v) is 14.3. The molecule has 42 heavy (non-hydrogen) atoms. The summed E-state index contributed by atoms with van der Waals surface area (Å²) in [6, 6.07) is 11.3. The van der Waals surface area contributed by atoms with E-state index in [0.29, 0.717) is 43.0 Å². The van der Waals surface area contributed by atoms with Gasteiger partial charge in [-0.25, -0.2) is 13.1 Å². The number of carbonyl (C=O) groups is 1. The molecule has 3 aliphatic heterocycles. The predicted octanol–water partition coefficient (Wildman–Crippen LogP) is 5.18. The molecule has 1 spiro atoms. The minimum absolute atomic E-state index is 0.182. The number of carbonyl (C=O) groups excluding carboxylic acids is 1. The van der Waals surface area contributed by atoms with Crippen LogP contribution in [0.5, 0.6) is 11.5 Å². The van der Waals surface area contributed by atoms with Gasteiger partial charge in [0.05, 0.1) is 29.6 Å². The Hall–Kier alpha value is -3.01. The average molecular weight is 614 g/mol. The van der Waals surface area contributed by atoms with Crippen LogP contribution in [0.3, 0.4) is 0 Å². The van der Waals surface area contributed by atoms with Crippen LogP contribution in [0.25, 0.3) is 0 Å². The molecule has 3 aliphatic rings. The molecule has 8 nitrogen and oxygen atoms in total. The lowest BCUT2D eigenvalue weighted by molar-refractivity contribution is 0.0981. The molecule has 0 aliphatic carbocycles. The van der Waals surface area contributed by atoms with Gasteiger partial charge in [-0.1, -0.05) is 36.7 Å². The first-order valence-corrected chi connectivity index (χ1v) is 16.5. The molecule has 1 amide bonds. The van der Waals surface area contributed by atoms with Crippen LogP contribution in [0.2, 0.25) is 5.02 Å². The van der Waals surface area contributed by atoms with Gasteiger partial charge in [0.2, 0.25) is 10.0 Å². The van der Waals surface area contributed by atoms with Crippen molar-refractivity contribution in [2.75, 3.05) is 44.3 Å². The van der Waals surface area contributed by atoms with E-state index in [2.05, 4.69) is 27.7 Å². The van der Waals surface area contributed by atoms with Crippen LogP contribution in [-0.2, 0) is 15.4 Å². The first kappa shape index (κ1) is 30.4. The maximum absolute atomic E-state index is 13.3. The lowest BCUT2D eigenvalue weighted by atomic mass is 9.76. The van der Waals surface area contributed by atoms with Crippen molar-refractivity contribution >= 4 is 33.2 Å². The molecular formula is C32H40ClN3O5S. The van der Waals surface area contributed by atoms with E-state index in [1.54, 1.807) is 31.2 Å². The van der Waals surface area contributed by atoms with Gasteiger partial charge in [0, 0.05) is 48.4 Å². The van der Waals surface area contributed by atoms with E-state index in [9.17, 15) is 13.2 Å². The topological polar surface area (TPSA) is 88.2 Å². The van der Waals surface area contributed by atoms with Crippen molar-refractivity contribution in [1.29, 1.82) is 0 Å². The van der Waals surface area contributed by atoms with Gasteiger partial charge in [-0.05, 0) is 62.4 Å². The number of hydrogen-bond donors (Lipinski definition) is 1. The third kappa shape index (κ3) is 6.05. The molecule has 226 valence electrons. The van der Waals surface area contributed by atoms with Crippen LogP contribution < -0.4 is 19.1 Å².